The fraction of sp³-hybridized carbons (Fsp3) is 0.167. The Morgan fingerprint density at radius 2 is 2.33 bits per heavy atom. The highest BCUT2D eigenvalue weighted by molar-refractivity contribution is 6.01. The van der Waals surface area contributed by atoms with Crippen LogP contribution < -0.4 is 10.9 Å². The molecule has 0 aliphatic rings. The molecule has 0 radical (unpaired) electrons. The van der Waals surface area contributed by atoms with E-state index < -0.39 is 24.0 Å². The summed E-state index contributed by atoms with van der Waals surface area (Å²) >= 11 is 0. The molecule has 2 rings (SSSR count). The Balaban J connectivity index is 2.25. The molecule has 0 fully saturated rings. The van der Waals surface area contributed by atoms with Crippen LogP contribution in [0.1, 0.15) is 16.4 Å². The van der Waals surface area contributed by atoms with E-state index in [1.165, 1.54) is 0 Å². The second-order valence-corrected chi connectivity index (χ2v) is 3.86. The molecule has 21 heavy (non-hydrogen) atoms. The van der Waals surface area contributed by atoms with Crippen LogP contribution >= 0.6 is 0 Å². The first-order chi connectivity index (χ1) is 10.0. The number of halogens is 2. The van der Waals surface area contributed by atoms with Crippen molar-refractivity contribution in [3.8, 4) is 6.07 Å². The van der Waals surface area contributed by atoms with E-state index in [4.69, 9.17) is 9.68 Å². The van der Waals surface area contributed by atoms with Gasteiger partial charge < -0.3 is 14.3 Å². The van der Waals surface area contributed by atoms with E-state index in [9.17, 15) is 18.4 Å². The summed E-state index contributed by atoms with van der Waals surface area (Å²) in [6.07, 6.45) is 2.13. The number of aromatic nitrogens is 2. The van der Waals surface area contributed by atoms with Crippen LogP contribution in [0, 0.1) is 17.1 Å². The summed E-state index contributed by atoms with van der Waals surface area (Å²) in [5.74, 6) is -2.46. The third-order valence-corrected chi connectivity index (χ3v) is 2.45. The monoisotopic (exact) mass is 294 g/mol. The van der Waals surface area contributed by atoms with E-state index in [0.717, 1.165) is 23.0 Å². The van der Waals surface area contributed by atoms with E-state index in [2.05, 4.69) is 10.3 Å². The number of nitriles is 1. The molecule has 0 saturated heterocycles. The Hall–Kier alpha value is -3.02. The number of oxazole rings is 1. The highest BCUT2D eigenvalue weighted by Crippen LogP contribution is 2.10. The highest BCUT2D eigenvalue weighted by atomic mass is 19.1. The molecule has 0 atom stereocenters. The lowest BCUT2D eigenvalue weighted by Crippen LogP contribution is -2.24. The molecule has 9 heteroatoms. The summed E-state index contributed by atoms with van der Waals surface area (Å²) in [4.78, 5) is 26.6. The largest absolute Gasteiger partial charge is 0.423 e. The average Bonchev–Trinajstić information content (AvgIpc) is 2.93. The molecule has 0 spiro atoms. The van der Waals surface area contributed by atoms with Crippen LogP contribution in [-0.2, 0) is 6.54 Å². The van der Waals surface area contributed by atoms with Gasteiger partial charge in [0.05, 0.1) is 18.4 Å². The number of amides is 1. The normalized spacial score (nSPS) is 10.1. The number of carbonyl (C=O) groups is 1. The maximum absolute atomic E-state index is 13.4. The van der Waals surface area contributed by atoms with Crippen LogP contribution in [-0.4, -0.2) is 22.1 Å². The molecular formula is C12H8F2N4O3. The molecule has 2 aromatic rings. The van der Waals surface area contributed by atoms with Crippen molar-refractivity contribution in [2.75, 3.05) is 12.0 Å². The zero-order valence-corrected chi connectivity index (χ0v) is 10.5. The van der Waals surface area contributed by atoms with Crippen molar-refractivity contribution in [2.24, 2.45) is 0 Å². The van der Waals surface area contributed by atoms with Gasteiger partial charge in [-0.15, -0.1) is 0 Å². The van der Waals surface area contributed by atoms with Gasteiger partial charge in [0.25, 0.3) is 11.5 Å². The third kappa shape index (κ3) is 3.11. The van der Waals surface area contributed by atoms with E-state index in [1.54, 1.807) is 6.07 Å². The average molecular weight is 294 g/mol. The Bertz CT molecular complexity index is 776. The van der Waals surface area contributed by atoms with Gasteiger partial charge in [0.1, 0.15) is 6.67 Å². The van der Waals surface area contributed by atoms with Gasteiger partial charge >= 0.3 is 5.89 Å². The van der Waals surface area contributed by atoms with Crippen LogP contribution in [0.3, 0.4) is 0 Å². The number of alkyl halides is 1. The van der Waals surface area contributed by atoms with Crippen LogP contribution in [0.25, 0.3) is 0 Å². The van der Waals surface area contributed by atoms with Gasteiger partial charge in [-0.1, -0.05) is 0 Å². The number of pyridine rings is 1. The minimum absolute atomic E-state index is 0.0551. The van der Waals surface area contributed by atoms with Gasteiger partial charge in [-0.05, 0) is 0 Å². The molecule has 2 aromatic heterocycles. The molecule has 1 N–H and O–H groups in total. The second-order valence-electron chi connectivity index (χ2n) is 3.86. The van der Waals surface area contributed by atoms with Gasteiger partial charge in [-0.25, -0.2) is 13.8 Å². The third-order valence-electron chi connectivity index (χ3n) is 2.45. The molecule has 0 saturated carbocycles. The first-order valence-corrected chi connectivity index (χ1v) is 5.68. The predicted molar refractivity (Wildman–Crippen MR) is 65.8 cm³/mol. The molecule has 7 nitrogen and oxygen atoms in total. The van der Waals surface area contributed by atoms with Crippen molar-refractivity contribution in [3.63, 3.8) is 0 Å². The number of anilines is 1. The lowest BCUT2D eigenvalue weighted by Gasteiger charge is -2.07. The van der Waals surface area contributed by atoms with E-state index in [-0.39, 0.29) is 23.9 Å². The summed E-state index contributed by atoms with van der Waals surface area (Å²) in [5, 5.41) is 10.8. The molecule has 0 aliphatic heterocycles. The topological polar surface area (TPSA) is 101 Å². The maximum Gasteiger partial charge on any atom is 0.301 e. The highest BCUT2D eigenvalue weighted by Gasteiger charge is 2.14. The zero-order valence-electron chi connectivity index (χ0n) is 10.5. The lowest BCUT2D eigenvalue weighted by atomic mass is 10.3. The Kier molecular flexibility index (Phi) is 4.08. The van der Waals surface area contributed by atoms with Crippen molar-refractivity contribution < 1.29 is 18.0 Å². The molecule has 0 aliphatic carbocycles. The first kappa shape index (κ1) is 14.4. The molecule has 1 amide bonds. The number of aryl methyl sites for hydroxylation is 1. The van der Waals surface area contributed by atoms with Crippen LogP contribution in [0.4, 0.5) is 14.5 Å². The molecule has 108 valence electrons. The smallest absolute Gasteiger partial charge is 0.301 e. The molecule has 0 aromatic carbocycles. The fourth-order valence-corrected chi connectivity index (χ4v) is 1.55. The summed E-state index contributed by atoms with van der Waals surface area (Å²) < 4.78 is 31.2. The molecule has 0 unspecified atom stereocenters. The standard InChI is InChI=1S/C12H8F2N4O3/c13-1-2-18-6-7(3-8(14)12(18)20)17-11(19)9-5-16-10(4-15)21-9/h3,5-6H,1-2H2,(H,17,19). The maximum atomic E-state index is 13.4. The summed E-state index contributed by atoms with van der Waals surface area (Å²) in [6.45, 7) is -1.19. The van der Waals surface area contributed by atoms with Gasteiger partial charge in [-0.3, -0.25) is 9.59 Å². The number of nitrogens with zero attached hydrogens (tertiary/aromatic N) is 3. The number of nitrogens with one attached hydrogen (secondary N) is 1. The minimum Gasteiger partial charge on any atom is -0.423 e. The SMILES string of the molecule is N#Cc1ncc(C(=O)Nc2cc(F)c(=O)n(CCF)c2)o1. The summed E-state index contributed by atoms with van der Waals surface area (Å²) in [7, 11) is 0. The van der Waals surface area contributed by atoms with Crippen LogP contribution in [0.5, 0.6) is 0 Å². The minimum atomic E-state index is -1.13. The molecular weight excluding hydrogens is 286 g/mol. The van der Waals surface area contributed by atoms with Gasteiger partial charge in [-0.2, -0.15) is 5.26 Å². The van der Waals surface area contributed by atoms with Crippen LogP contribution in [0.2, 0.25) is 0 Å². The van der Waals surface area contributed by atoms with Gasteiger partial charge in [0.2, 0.25) is 5.76 Å². The second kappa shape index (κ2) is 5.96. The zero-order chi connectivity index (χ0) is 15.4. The van der Waals surface area contributed by atoms with Crippen molar-refractivity contribution >= 4 is 11.6 Å². The Morgan fingerprint density at radius 3 is 2.95 bits per heavy atom. The number of carbonyl (C=O) groups excluding carboxylic acids is 1. The van der Waals surface area contributed by atoms with E-state index >= 15 is 0 Å². The van der Waals surface area contributed by atoms with Crippen molar-refractivity contribution in [3.05, 3.63) is 46.3 Å². The van der Waals surface area contributed by atoms with E-state index in [0.29, 0.717) is 0 Å². The quantitative estimate of drug-likeness (QED) is 0.908. The summed E-state index contributed by atoms with van der Waals surface area (Å²) in [5.41, 5.74) is -1.04. The predicted octanol–water partition coefficient (Wildman–Crippen LogP) is 1.07. The lowest BCUT2D eigenvalue weighted by molar-refractivity contribution is 0.0996. The molecule has 2 heterocycles. The van der Waals surface area contributed by atoms with Crippen molar-refractivity contribution in [2.45, 2.75) is 6.54 Å². The summed E-state index contributed by atoms with van der Waals surface area (Å²) in [6, 6.07) is 2.41. The fourth-order valence-electron chi connectivity index (χ4n) is 1.55. The number of rotatable bonds is 4. The number of hydrogen-bond acceptors (Lipinski definition) is 5. The molecule has 0 bridgehead atoms. The van der Waals surface area contributed by atoms with E-state index in [1.807, 2.05) is 0 Å². The van der Waals surface area contributed by atoms with Gasteiger partial charge in [0, 0.05) is 12.3 Å². The van der Waals surface area contributed by atoms with Crippen molar-refractivity contribution in [1.29, 1.82) is 5.26 Å². The van der Waals surface area contributed by atoms with Gasteiger partial charge in [0.15, 0.2) is 11.9 Å². The van der Waals surface area contributed by atoms with Crippen molar-refractivity contribution in [1.82, 2.24) is 9.55 Å². The van der Waals surface area contributed by atoms with Crippen LogP contribution in [0.15, 0.2) is 27.7 Å². The Labute approximate surface area is 116 Å². The number of hydrogen-bond donors (Lipinski definition) is 1. The first-order valence-electron chi connectivity index (χ1n) is 5.68. The Morgan fingerprint density at radius 1 is 1.57 bits per heavy atom.